The topological polar surface area (TPSA) is 62.5 Å². The number of phenols is 1. The van der Waals surface area contributed by atoms with Crippen LogP contribution in [0.3, 0.4) is 0 Å². The van der Waals surface area contributed by atoms with Crippen LogP contribution in [0.5, 0.6) is 5.75 Å². The molecule has 0 radical (unpaired) electrons. The van der Waals surface area contributed by atoms with Crippen LogP contribution in [0.4, 0.5) is 26.3 Å². The molecule has 4 nitrogen and oxygen atoms in total. The number of carboxylic acid groups (broad SMARTS) is 1. The lowest BCUT2D eigenvalue weighted by Crippen LogP contribution is -2.32. The van der Waals surface area contributed by atoms with Crippen molar-refractivity contribution in [2.24, 2.45) is 0 Å². The van der Waals surface area contributed by atoms with E-state index in [1.165, 1.54) is 10.6 Å². The normalized spacial score (nSPS) is 12.6. The van der Waals surface area contributed by atoms with Gasteiger partial charge < -0.3 is 14.8 Å². The monoisotopic (exact) mass is 469 g/mol. The van der Waals surface area contributed by atoms with E-state index in [0.717, 1.165) is 29.5 Å². The number of halogens is 6. The number of carbonyl (C=O) groups is 1. The lowest BCUT2D eigenvalue weighted by molar-refractivity contribution is -0.237. The summed E-state index contributed by atoms with van der Waals surface area (Å²) in [4.78, 5) is 11.6. The van der Waals surface area contributed by atoms with Crippen molar-refractivity contribution < 1.29 is 41.4 Å². The van der Waals surface area contributed by atoms with E-state index in [0.29, 0.717) is 21.5 Å². The highest BCUT2D eigenvalue weighted by Gasteiger charge is 2.58. The van der Waals surface area contributed by atoms with Crippen LogP contribution in [-0.4, -0.2) is 32.2 Å². The molecule has 0 aliphatic carbocycles. The molecule has 162 valence electrons. The summed E-state index contributed by atoms with van der Waals surface area (Å²) in [7, 11) is 0. The highest BCUT2D eigenvalue weighted by atomic mass is 32.2. The Morgan fingerprint density at radius 2 is 1.87 bits per heavy atom. The number of hydrogen-bond donors (Lipinski definition) is 2. The predicted molar refractivity (Wildman–Crippen MR) is 99.9 cm³/mol. The van der Waals surface area contributed by atoms with E-state index in [1.807, 2.05) is 0 Å². The Hall–Kier alpha value is -2.34. The van der Waals surface area contributed by atoms with Crippen molar-refractivity contribution in [2.45, 2.75) is 35.5 Å². The van der Waals surface area contributed by atoms with Crippen LogP contribution in [0.2, 0.25) is 0 Å². The lowest BCUT2D eigenvalue weighted by Gasteiger charge is -2.17. The Bertz CT molecular complexity index is 1120. The SMILES string of the molecule is Cc1c(CC(=O)O)c2cc(O)c(F)cc2n1Cc1ccc(SC(F)(F)C(F)(F)F)s1. The number of aromatic hydroxyl groups is 1. The number of thioether (sulfide) groups is 1. The first kappa shape index (κ1) is 22.3. The van der Waals surface area contributed by atoms with Crippen molar-refractivity contribution in [3.63, 3.8) is 0 Å². The molecule has 0 aliphatic rings. The van der Waals surface area contributed by atoms with Crippen LogP contribution < -0.4 is 0 Å². The molecule has 3 aromatic rings. The molecule has 0 amide bonds. The van der Waals surface area contributed by atoms with Crippen LogP contribution in [-0.2, 0) is 17.8 Å². The molecule has 0 saturated heterocycles. The fourth-order valence-corrected chi connectivity index (χ4v) is 5.00. The molecule has 30 heavy (non-hydrogen) atoms. The van der Waals surface area contributed by atoms with E-state index < -0.39 is 47.1 Å². The first-order valence-electron chi connectivity index (χ1n) is 8.24. The van der Waals surface area contributed by atoms with Crippen molar-refractivity contribution in [1.29, 1.82) is 0 Å². The summed E-state index contributed by atoms with van der Waals surface area (Å²) >= 11 is 0.111. The maximum absolute atomic E-state index is 13.9. The number of thiophene rings is 1. The van der Waals surface area contributed by atoms with Gasteiger partial charge in [0.15, 0.2) is 11.6 Å². The second-order valence-corrected chi connectivity index (χ2v) is 8.96. The summed E-state index contributed by atoms with van der Waals surface area (Å²) in [6.45, 7) is 1.57. The second-order valence-electron chi connectivity index (χ2n) is 6.38. The largest absolute Gasteiger partial charge is 0.505 e. The van der Waals surface area contributed by atoms with Gasteiger partial charge in [0.05, 0.1) is 22.7 Å². The third kappa shape index (κ3) is 4.24. The number of nitrogens with zero attached hydrogens (tertiary/aromatic N) is 1. The van der Waals surface area contributed by atoms with Gasteiger partial charge in [0.25, 0.3) is 0 Å². The number of hydrogen-bond acceptors (Lipinski definition) is 4. The minimum Gasteiger partial charge on any atom is -0.505 e. The van der Waals surface area contributed by atoms with Crippen LogP contribution in [0.25, 0.3) is 10.9 Å². The summed E-state index contributed by atoms with van der Waals surface area (Å²) in [6.07, 6.45) is -6.09. The highest BCUT2D eigenvalue weighted by Crippen LogP contribution is 2.49. The van der Waals surface area contributed by atoms with Crippen LogP contribution >= 0.6 is 23.1 Å². The molecule has 0 fully saturated rings. The molecule has 0 spiro atoms. The Morgan fingerprint density at radius 3 is 2.47 bits per heavy atom. The van der Waals surface area contributed by atoms with Crippen molar-refractivity contribution in [3.05, 3.63) is 46.2 Å². The minimum atomic E-state index is -5.69. The number of carboxylic acids is 1. The number of benzene rings is 1. The Labute approximate surface area is 173 Å². The second kappa shape index (κ2) is 7.73. The van der Waals surface area contributed by atoms with E-state index in [4.69, 9.17) is 5.11 Å². The van der Waals surface area contributed by atoms with Crippen LogP contribution in [0, 0.1) is 12.7 Å². The third-order valence-corrected chi connectivity index (χ3v) is 6.55. The summed E-state index contributed by atoms with van der Waals surface area (Å²) in [5.74, 6) is -2.74. The van der Waals surface area contributed by atoms with Crippen molar-refractivity contribution in [1.82, 2.24) is 4.57 Å². The summed E-state index contributed by atoms with van der Waals surface area (Å²) in [5, 5.41) is 14.2. The molecule has 3 rings (SSSR count). The number of fused-ring (bicyclic) bond motifs is 1. The number of aliphatic carboxylic acids is 1. The number of aromatic nitrogens is 1. The Kier molecular flexibility index (Phi) is 5.76. The van der Waals surface area contributed by atoms with Crippen molar-refractivity contribution in [3.8, 4) is 5.75 Å². The maximum atomic E-state index is 13.9. The highest BCUT2D eigenvalue weighted by molar-refractivity contribution is 8.02. The van der Waals surface area contributed by atoms with Gasteiger partial charge in [-0.2, -0.15) is 22.0 Å². The molecule has 0 unspecified atom stereocenters. The molecule has 0 saturated carbocycles. The first-order chi connectivity index (χ1) is 13.8. The van der Waals surface area contributed by atoms with E-state index in [2.05, 4.69) is 0 Å². The zero-order chi connectivity index (χ0) is 22.4. The zero-order valence-corrected chi connectivity index (χ0v) is 16.7. The third-order valence-electron chi connectivity index (χ3n) is 4.36. The van der Waals surface area contributed by atoms with E-state index >= 15 is 0 Å². The molecule has 1 aromatic carbocycles. The molecular formula is C18H13F6NO3S2. The van der Waals surface area contributed by atoms with Gasteiger partial charge in [-0.15, -0.1) is 11.3 Å². The zero-order valence-electron chi connectivity index (χ0n) is 15.1. The van der Waals surface area contributed by atoms with Gasteiger partial charge in [-0.25, -0.2) is 4.39 Å². The van der Waals surface area contributed by atoms with Gasteiger partial charge in [0, 0.05) is 22.0 Å². The predicted octanol–water partition coefficient (Wildman–Crippen LogP) is 5.78. The average Bonchev–Trinajstić information content (AvgIpc) is 3.13. The molecule has 0 bridgehead atoms. The van der Waals surface area contributed by atoms with Gasteiger partial charge >= 0.3 is 17.4 Å². The van der Waals surface area contributed by atoms with E-state index in [1.54, 1.807) is 6.92 Å². The van der Waals surface area contributed by atoms with Crippen molar-refractivity contribution >= 4 is 40.0 Å². The number of rotatable bonds is 6. The maximum Gasteiger partial charge on any atom is 0.464 e. The van der Waals surface area contributed by atoms with Gasteiger partial charge in [-0.05, 0) is 42.4 Å². The van der Waals surface area contributed by atoms with E-state index in [-0.39, 0.29) is 16.3 Å². The number of alkyl halides is 5. The molecule has 12 heteroatoms. The smallest absolute Gasteiger partial charge is 0.464 e. The van der Waals surface area contributed by atoms with E-state index in [9.17, 15) is 36.2 Å². The molecular weight excluding hydrogens is 456 g/mol. The summed E-state index contributed by atoms with van der Waals surface area (Å²) in [5.41, 5.74) is 1.05. The van der Waals surface area contributed by atoms with Crippen molar-refractivity contribution in [2.75, 3.05) is 0 Å². The van der Waals surface area contributed by atoms with Crippen LogP contribution in [0.15, 0.2) is 28.5 Å². The Balaban J connectivity index is 1.99. The average molecular weight is 469 g/mol. The fourth-order valence-electron chi connectivity index (χ4n) is 2.97. The molecule has 0 aliphatic heterocycles. The first-order valence-corrected chi connectivity index (χ1v) is 9.87. The van der Waals surface area contributed by atoms with Gasteiger partial charge in [0.2, 0.25) is 0 Å². The number of phenolic OH excluding ortho intramolecular Hbond substituents is 1. The summed E-state index contributed by atoms with van der Waals surface area (Å²) < 4.78 is 78.9. The molecule has 2 aromatic heterocycles. The molecule has 0 atom stereocenters. The molecule has 2 N–H and O–H groups in total. The quantitative estimate of drug-likeness (QED) is 0.355. The Morgan fingerprint density at radius 1 is 1.20 bits per heavy atom. The summed E-state index contributed by atoms with van der Waals surface area (Å²) in [6, 6.07) is 4.63. The lowest BCUT2D eigenvalue weighted by atomic mass is 10.1. The standard InChI is InChI=1S/C18H13F6NO3S2/c1-8-10(5-15(27)28)11-4-14(26)12(19)6-13(11)25(8)7-9-2-3-16(29-9)30-18(23,24)17(20,21)22/h2-4,6,26H,5,7H2,1H3,(H,27,28). The molecule has 2 heterocycles. The van der Waals surface area contributed by atoms with Gasteiger partial charge in [0.1, 0.15) is 0 Å². The fraction of sp³-hybridized carbons (Fsp3) is 0.278. The minimum absolute atomic E-state index is 0.00498. The van der Waals surface area contributed by atoms with Crippen LogP contribution in [0.1, 0.15) is 16.1 Å². The van der Waals surface area contributed by atoms with Gasteiger partial charge in [-0.1, -0.05) is 0 Å². The van der Waals surface area contributed by atoms with Gasteiger partial charge in [-0.3, -0.25) is 4.79 Å².